The maximum atomic E-state index is 6.46. The van der Waals surface area contributed by atoms with Gasteiger partial charge in [-0.1, -0.05) is 66.5 Å². The van der Waals surface area contributed by atoms with Crippen molar-refractivity contribution in [1.82, 2.24) is 5.16 Å². The summed E-state index contributed by atoms with van der Waals surface area (Å²) >= 11 is 18.6. The van der Waals surface area contributed by atoms with Gasteiger partial charge in [0.1, 0.15) is 5.69 Å². The van der Waals surface area contributed by atoms with Crippen LogP contribution in [0.2, 0.25) is 10.0 Å². The number of hydrogen-bond acceptors (Lipinski definition) is 4. The van der Waals surface area contributed by atoms with E-state index in [-0.39, 0.29) is 17.8 Å². The number of hydrogen-bond donors (Lipinski definition) is 1. The van der Waals surface area contributed by atoms with Gasteiger partial charge in [-0.2, -0.15) is 0 Å². The Morgan fingerprint density at radius 3 is 2.20 bits per heavy atom. The minimum Gasteiger partial charge on any atom is -0.490 e. The molecule has 0 fully saturated rings. The first kappa shape index (κ1) is 24.7. The van der Waals surface area contributed by atoms with E-state index in [0.717, 1.165) is 28.8 Å². The maximum Gasteiger partial charge on any atom is 0.225 e. The standard InChI is InChI=1S/C22H23Cl3N2O2.ClH/c1-22(2,16-11-17(24)21(18(25)12-16)28-10-4-9-23)15-7-5-14(6-8-15)19-13-20(26-3)29-27-19;/h5-8,11-13,26H,4,9-10H2,1-3H3;1H. The molecule has 0 saturated carbocycles. The summed E-state index contributed by atoms with van der Waals surface area (Å²) in [6.07, 6.45) is 0.731. The predicted molar refractivity (Wildman–Crippen MR) is 128 cm³/mol. The lowest BCUT2D eigenvalue weighted by molar-refractivity contribution is 0.318. The summed E-state index contributed by atoms with van der Waals surface area (Å²) in [5.74, 6) is 1.66. The minimum atomic E-state index is -0.305. The van der Waals surface area contributed by atoms with Crippen molar-refractivity contribution in [2.24, 2.45) is 0 Å². The van der Waals surface area contributed by atoms with Gasteiger partial charge in [0.05, 0.1) is 16.7 Å². The fourth-order valence-electron chi connectivity index (χ4n) is 3.04. The van der Waals surface area contributed by atoms with Crippen LogP contribution >= 0.6 is 47.2 Å². The SMILES string of the molecule is CNc1cc(-c2ccc(C(C)(C)c3cc(Cl)c(OCCCCl)c(Cl)c3)cc2)no1.Cl. The number of aromatic nitrogens is 1. The highest BCUT2D eigenvalue weighted by molar-refractivity contribution is 6.37. The van der Waals surface area contributed by atoms with E-state index in [1.54, 1.807) is 7.05 Å². The zero-order valence-corrected chi connectivity index (χ0v) is 20.1. The molecule has 0 aliphatic heterocycles. The molecule has 0 atom stereocenters. The lowest BCUT2D eigenvalue weighted by Crippen LogP contribution is -2.19. The highest BCUT2D eigenvalue weighted by Crippen LogP contribution is 2.40. The van der Waals surface area contributed by atoms with Crippen LogP contribution in [0.5, 0.6) is 5.75 Å². The van der Waals surface area contributed by atoms with E-state index in [0.29, 0.717) is 34.2 Å². The Balaban J connectivity index is 0.00000320. The number of alkyl halides is 1. The topological polar surface area (TPSA) is 47.3 Å². The van der Waals surface area contributed by atoms with Crippen molar-refractivity contribution in [3.05, 3.63) is 63.6 Å². The Morgan fingerprint density at radius 2 is 1.67 bits per heavy atom. The summed E-state index contributed by atoms with van der Waals surface area (Å²) in [7, 11) is 1.79. The molecule has 8 heteroatoms. The summed E-state index contributed by atoms with van der Waals surface area (Å²) in [4.78, 5) is 0. The van der Waals surface area contributed by atoms with Gasteiger partial charge >= 0.3 is 0 Å². The molecule has 162 valence electrons. The third kappa shape index (κ3) is 5.36. The maximum absolute atomic E-state index is 6.46. The van der Waals surface area contributed by atoms with Gasteiger partial charge in [-0.05, 0) is 29.7 Å². The molecule has 0 bridgehead atoms. The van der Waals surface area contributed by atoms with Crippen LogP contribution in [0.25, 0.3) is 11.3 Å². The lowest BCUT2D eigenvalue weighted by atomic mass is 9.78. The number of benzene rings is 2. The van der Waals surface area contributed by atoms with E-state index >= 15 is 0 Å². The minimum absolute atomic E-state index is 0. The number of anilines is 1. The molecular formula is C22H24Cl4N2O2. The average molecular weight is 490 g/mol. The summed E-state index contributed by atoms with van der Waals surface area (Å²) in [6, 6.07) is 13.9. The normalized spacial score (nSPS) is 11.1. The molecular weight excluding hydrogens is 466 g/mol. The number of ether oxygens (including phenoxy) is 1. The zero-order valence-electron chi connectivity index (χ0n) is 17.0. The molecule has 0 spiro atoms. The highest BCUT2D eigenvalue weighted by atomic mass is 35.5. The summed E-state index contributed by atoms with van der Waals surface area (Å²) < 4.78 is 10.9. The largest absolute Gasteiger partial charge is 0.490 e. The second-order valence-electron chi connectivity index (χ2n) is 7.19. The van der Waals surface area contributed by atoms with Crippen LogP contribution in [0, 0.1) is 0 Å². The molecule has 0 amide bonds. The van der Waals surface area contributed by atoms with Gasteiger partial charge in [0.25, 0.3) is 0 Å². The van der Waals surface area contributed by atoms with Crippen molar-refractivity contribution in [1.29, 1.82) is 0 Å². The van der Waals surface area contributed by atoms with E-state index < -0.39 is 0 Å². The Labute approximate surface area is 198 Å². The van der Waals surface area contributed by atoms with Crippen LogP contribution in [-0.4, -0.2) is 24.7 Å². The molecule has 0 aliphatic carbocycles. The third-order valence-corrected chi connectivity index (χ3v) is 5.73. The number of rotatable bonds is 8. The number of nitrogens with one attached hydrogen (secondary N) is 1. The van der Waals surface area contributed by atoms with E-state index in [2.05, 4.69) is 36.5 Å². The van der Waals surface area contributed by atoms with Crippen LogP contribution < -0.4 is 10.1 Å². The Kier molecular flexibility index (Phi) is 8.74. The molecule has 0 aliphatic rings. The Bertz CT molecular complexity index is 949. The predicted octanol–water partition coefficient (Wildman–Crippen LogP) is 7.45. The molecule has 4 nitrogen and oxygen atoms in total. The van der Waals surface area contributed by atoms with Crippen LogP contribution in [0.1, 0.15) is 31.4 Å². The summed E-state index contributed by atoms with van der Waals surface area (Å²) in [5, 5.41) is 8.00. The Hall–Kier alpha value is -1.59. The number of halogens is 4. The van der Waals surface area contributed by atoms with Gasteiger partial charge in [0, 0.05) is 30.0 Å². The summed E-state index contributed by atoms with van der Waals surface area (Å²) in [6.45, 7) is 4.74. The van der Waals surface area contributed by atoms with E-state index in [1.165, 1.54) is 0 Å². The van der Waals surface area contributed by atoms with E-state index in [1.807, 2.05) is 30.3 Å². The van der Waals surface area contributed by atoms with Gasteiger partial charge < -0.3 is 14.6 Å². The molecule has 1 aromatic heterocycles. The van der Waals surface area contributed by atoms with Crippen molar-refractivity contribution in [2.45, 2.75) is 25.7 Å². The molecule has 30 heavy (non-hydrogen) atoms. The second kappa shape index (κ2) is 10.6. The Morgan fingerprint density at radius 1 is 1.03 bits per heavy atom. The first-order valence-electron chi connectivity index (χ1n) is 9.30. The van der Waals surface area contributed by atoms with Crippen LogP contribution in [0.4, 0.5) is 5.88 Å². The zero-order chi connectivity index (χ0) is 21.0. The second-order valence-corrected chi connectivity index (χ2v) is 8.38. The van der Waals surface area contributed by atoms with Crippen molar-refractivity contribution >= 4 is 53.1 Å². The van der Waals surface area contributed by atoms with E-state index in [9.17, 15) is 0 Å². The molecule has 1 N–H and O–H groups in total. The molecule has 3 rings (SSSR count). The lowest BCUT2D eigenvalue weighted by Gasteiger charge is -2.27. The fourth-order valence-corrected chi connectivity index (χ4v) is 3.75. The molecule has 0 unspecified atom stereocenters. The van der Waals surface area contributed by atoms with Gasteiger partial charge in [-0.25, -0.2) is 0 Å². The van der Waals surface area contributed by atoms with Gasteiger partial charge in [-0.15, -0.1) is 24.0 Å². The van der Waals surface area contributed by atoms with Crippen LogP contribution in [-0.2, 0) is 5.41 Å². The highest BCUT2D eigenvalue weighted by Gasteiger charge is 2.26. The van der Waals surface area contributed by atoms with Crippen molar-refractivity contribution in [2.75, 3.05) is 24.9 Å². The van der Waals surface area contributed by atoms with E-state index in [4.69, 9.17) is 44.1 Å². The van der Waals surface area contributed by atoms with Crippen LogP contribution in [0.3, 0.4) is 0 Å². The molecule has 0 radical (unpaired) electrons. The third-order valence-electron chi connectivity index (χ3n) is 4.90. The number of nitrogens with zero attached hydrogens (tertiary/aromatic N) is 1. The average Bonchev–Trinajstić information content (AvgIpc) is 3.19. The van der Waals surface area contributed by atoms with Gasteiger partial charge in [-0.3, -0.25) is 0 Å². The monoisotopic (exact) mass is 488 g/mol. The van der Waals surface area contributed by atoms with Gasteiger partial charge in [0.2, 0.25) is 5.88 Å². The van der Waals surface area contributed by atoms with Crippen LogP contribution in [0.15, 0.2) is 47.0 Å². The fraction of sp³-hybridized carbons (Fsp3) is 0.318. The molecule has 1 heterocycles. The van der Waals surface area contributed by atoms with Crippen molar-refractivity contribution in [3.8, 4) is 17.0 Å². The molecule has 0 saturated heterocycles. The van der Waals surface area contributed by atoms with Gasteiger partial charge in [0.15, 0.2) is 5.75 Å². The molecule has 2 aromatic carbocycles. The smallest absolute Gasteiger partial charge is 0.225 e. The first-order valence-corrected chi connectivity index (χ1v) is 10.6. The van der Waals surface area contributed by atoms with Crippen molar-refractivity contribution in [3.63, 3.8) is 0 Å². The quantitative estimate of drug-likeness (QED) is 0.263. The summed E-state index contributed by atoms with van der Waals surface area (Å²) in [5.41, 5.74) is 3.59. The van der Waals surface area contributed by atoms with Crippen molar-refractivity contribution < 1.29 is 9.26 Å². The first-order chi connectivity index (χ1) is 13.9. The molecule has 3 aromatic rings.